The third kappa shape index (κ3) is 4.95. The number of nitrogens with one attached hydrogen (secondary N) is 1. The monoisotopic (exact) mass is 218 g/mol. The molecule has 16 heavy (non-hydrogen) atoms. The molecule has 1 heterocycles. The van der Waals surface area contributed by atoms with Crippen LogP contribution in [0, 0.1) is 0 Å². The average Bonchev–Trinajstić information content (AvgIpc) is 2.34. The highest BCUT2D eigenvalue weighted by Crippen LogP contribution is 1.91. The van der Waals surface area contributed by atoms with Crippen LogP contribution < -0.4 is 5.32 Å². The molecule has 1 N–H and O–H groups in total. The summed E-state index contributed by atoms with van der Waals surface area (Å²) in [6.45, 7) is 0.656. The highest BCUT2D eigenvalue weighted by atomic mass is 16.5. The first-order chi connectivity index (χ1) is 7.83. The summed E-state index contributed by atoms with van der Waals surface area (Å²) in [5.41, 5.74) is 0.962. The van der Waals surface area contributed by atoms with Gasteiger partial charge in [-0.05, 0) is 24.4 Å². The number of ether oxygens (including phenoxy) is 1. The van der Waals surface area contributed by atoms with Gasteiger partial charge in [-0.15, -0.1) is 0 Å². The molecule has 4 heteroatoms. The molecule has 0 aliphatic rings. The van der Waals surface area contributed by atoms with Crippen LogP contribution in [0.3, 0.4) is 0 Å². The molecule has 84 valence electrons. The topological polar surface area (TPSA) is 51.2 Å². The Morgan fingerprint density at radius 2 is 2.38 bits per heavy atom. The lowest BCUT2D eigenvalue weighted by molar-refractivity contribution is -0.134. The summed E-state index contributed by atoms with van der Waals surface area (Å²) in [6.07, 6.45) is 8.17. The van der Waals surface area contributed by atoms with E-state index >= 15 is 0 Å². The second kappa shape index (κ2) is 7.23. The van der Waals surface area contributed by atoms with Gasteiger partial charge in [-0.2, -0.15) is 0 Å². The number of pyridine rings is 1. The van der Waals surface area contributed by atoms with Gasteiger partial charge in [0.15, 0.2) is 0 Å². The van der Waals surface area contributed by atoms with E-state index in [1.807, 2.05) is 18.2 Å². The molecule has 1 aromatic rings. The van der Waals surface area contributed by atoms with Gasteiger partial charge in [-0.1, -0.05) is 12.1 Å². The number of nitrogens with zero attached hydrogens (tertiary/aromatic N) is 1. The number of carbonyl (C=O) groups excluding carboxylic acids is 1. The van der Waals surface area contributed by atoms with Crippen molar-refractivity contribution in [3.8, 4) is 0 Å². The fourth-order valence-electron chi connectivity index (χ4n) is 0.992. The van der Waals surface area contributed by atoms with E-state index in [1.165, 1.54) is 13.2 Å². The van der Waals surface area contributed by atoms with Gasteiger partial charge in [-0.25, -0.2) is 4.79 Å². The normalized spacial score (nSPS) is 10.8. The second-order valence-electron chi connectivity index (χ2n) is 2.94. The molecule has 0 spiro atoms. The van der Waals surface area contributed by atoms with Crippen LogP contribution in [-0.2, 0) is 16.1 Å². The number of hydrogen-bond donors (Lipinski definition) is 1. The molecule has 0 bridgehead atoms. The minimum atomic E-state index is -0.366. The first-order valence-corrected chi connectivity index (χ1v) is 4.87. The predicted molar refractivity (Wildman–Crippen MR) is 61.4 cm³/mol. The van der Waals surface area contributed by atoms with Crippen LogP contribution in [0.15, 0.2) is 48.8 Å². The van der Waals surface area contributed by atoms with Crippen molar-refractivity contribution in [3.63, 3.8) is 0 Å². The van der Waals surface area contributed by atoms with E-state index in [2.05, 4.69) is 15.0 Å². The fraction of sp³-hybridized carbons (Fsp3) is 0.167. The summed E-state index contributed by atoms with van der Waals surface area (Å²) < 4.78 is 4.44. The lowest BCUT2D eigenvalue weighted by Crippen LogP contribution is -2.05. The summed E-state index contributed by atoms with van der Waals surface area (Å²) in [5, 5.41) is 3.05. The van der Waals surface area contributed by atoms with Crippen molar-refractivity contribution < 1.29 is 9.53 Å². The molecular weight excluding hydrogens is 204 g/mol. The summed E-state index contributed by atoms with van der Waals surface area (Å²) in [5.74, 6) is -0.366. The maximum Gasteiger partial charge on any atom is 0.330 e. The van der Waals surface area contributed by atoms with Crippen molar-refractivity contribution >= 4 is 5.97 Å². The van der Waals surface area contributed by atoms with E-state index in [0.717, 1.165) is 5.69 Å². The van der Waals surface area contributed by atoms with Gasteiger partial charge in [-0.3, -0.25) is 4.98 Å². The van der Waals surface area contributed by atoms with Gasteiger partial charge in [0.1, 0.15) is 0 Å². The summed E-state index contributed by atoms with van der Waals surface area (Å²) in [7, 11) is 1.34. The quantitative estimate of drug-likeness (QED) is 0.461. The van der Waals surface area contributed by atoms with E-state index in [1.54, 1.807) is 24.5 Å². The van der Waals surface area contributed by atoms with Crippen LogP contribution in [0.5, 0.6) is 0 Å². The Kier molecular flexibility index (Phi) is 5.41. The molecule has 0 fully saturated rings. The summed E-state index contributed by atoms with van der Waals surface area (Å²) >= 11 is 0. The standard InChI is InChI=1S/C12H14N2O2/c1-16-12(15)7-3-4-8-13-10-11-6-2-5-9-14-11/h2-9,13H,10H2,1H3/b7-3+,8-4+. The van der Waals surface area contributed by atoms with Crippen molar-refractivity contribution in [1.29, 1.82) is 0 Å². The second-order valence-corrected chi connectivity index (χ2v) is 2.94. The summed E-state index contributed by atoms with van der Waals surface area (Å²) in [4.78, 5) is 14.8. The van der Waals surface area contributed by atoms with Gasteiger partial charge < -0.3 is 10.1 Å². The minimum absolute atomic E-state index is 0.366. The molecule has 0 saturated carbocycles. The smallest absolute Gasteiger partial charge is 0.330 e. The number of hydrogen-bond acceptors (Lipinski definition) is 4. The number of carbonyl (C=O) groups is 1. The Morgan fingerprint density at radius 3 is 3.06 bits per heavy atom. The third-order valence-corrected chi connectivity index (χ3v) is 1.77. The lowest BCUT2D eigenvalue weighted by atomic mass is 10.3. The number of rotatable bonds is 5. The molecule has 0 aliphatic carbocycles. The predicted octanol–water partition coefficient (Wildman–Crippen LogP) is 1.41. The number of allylic oxidation sites excluding steroid dienone is 2. The van der Waals surface area contributed by atoms with Crippen molar-refractivity contribution in [3.05, 3.63) is 54.5 Å². The van der Waals surface area contributed by atoms with Crippen molar-refractivity contribution in [1.82, 2.24) is 10.3 Å². The van der Waals surface area contributed by atoms with E-state index in [-0.39, 0.29) is 5.97 Å². The van der Waals surface area contributed by atoms with Gasteiger partial charge >= 0.3 is 5.97 Å². The van der Waals surface area contributed by atoms with Crippen LogP contribution >= 0.6 is 0 Å². The van der Waals surface area contributed by atoms with Gasteiger partial charge in [0.25, 0.3) is 0 Å². The lowest BCUT2D eigenvalue weighted by Gasteiger charge is -1.98. The van der Waals surface area contributed by atoms with E-state index in [4.69, 9.17) is 0 Å². The maximum absolute atomic E-state index is 10.7. The molecule has 1 aromatic heterocycles. The van der Waals surface area contributed by atoms with Gasteiger partial charge in [0, 0.05) is 12.3 Å². The Hall–Kier alpha value is -2.10. The highest BCUT2D eigenvalue weighted by molar-refractivity contribution is 5.82. The van der Waals surface area contributed by atoms with Crippen molar-refractivity contribution in [2.45, 2.75) is 6.54 Å². The van der Waals surface area contributed by atoms with Crippen LogP contribution in [0.4, 0.5) is 0 Å². The fourth-order valence-corrected chi connectivity index (χ4v) is 0.992. The van der Waals surface area contributed by atoms with Crippen LogP contribution in [0.1, 0.15) is 5.69 Å². The minimum Gasteiger partial charge on any atom is -0.466 e. The van der Waals surface area contributed by atoms with Crippen molar-refractivity contribution in [2.24, 2.45) is 0 Å². The van der Waals surface area contributed by atoms with Gasteiger partial charge in [0.05, 0.1) is 19.3 Å². The largest absolute Gasteiger partial charge is 0.466 e. The Balaban J connectivity index is 2.23. The van der Waals surface area contributed by atoms with Crippen LogP contribution in [-0.4, -0.2) is 18.1 Å². The molecule has 0 radical (unpaired) electrons. The zero-order chi connectivity index (χ0) is 11.6. The molecule has 1 rings (SSSR count). The third-order valence-electron chi connectivity index (χ3n) is 1.77. The van der Waals surface area contributed by atoms with E-state index < -0.39 is 0 Å². The van der Waals surface area contributed by atoms with E-state index in [0.29, 0.717) is 6.54 Å². The maximum atomic E-state index is 10.7. The first-order valence-electron chi connectivity index (χ1n) is 4.87. The van der Waals surface area contributed by atoms with E-state index in [9.17, 15) is 4.79 Å². The first kappa shape index (κ1) is 12.0. The molecule has 0 aromatic carbocycles. The van der Waals surface area contributed by atoms with Crippen LogP contribution in [0.25, 0.3) is 0 Å². The molecule has 0 amide bonds. The SMILES string of the molecule is COC(=O)/C=C/C=C/NCc1ccccn1. The molecule has 0 aliphatic heterocycles. The average molecular weight is 218 g/mol. The molecular formula is C12H14N2O2. The summed E-state index contributed by atoms with van der Waals surface area (Å²) in [6, 6.07) is 5.74. The zero-order valence-electron chi connectivity index (χ0n) is 9.09. The van der Waals surface area contributed by atoms with Crippen LogP contribution in [0.2, 0.25) is 0 Å². The Morgan fingerprint density at radius 1 is 1.50 bits per heavy atom. The molecule has 4 nitrogen and oxygen atoms in total. The van der Waals surface area contributed by atoms with Crippen molar-refractivity contribution in [2.75, 3.05) is 7.11 Å². The molecule has 0 atom stereocenters. The number of aromatic nitrogens is 1. The number of esters is 1. The van der Waals surface area contributed by atoms with Gasteiger partial charge in [0.2, 0.25) is 0 Å². The Labute approximate surface area is 94.7 Å². The highest BCUT2D eigenvalue weighted by Gasteiger charge is 1.88. The number of methoxy groups -OCH3 is 1. The zero-order valence-corrected chi connectivity index (χ0v) is 9.09. The Bertz CT molecular complexity index is 372. The molecule has 0 unspecified atom stereocenters. The molecule has 0 saturated heterocycles.